The fraction of sp³-hybridized carbons (Fsp3) is 0.333. The second kappa shape index (κ2) is 6.12. The second-order valence-corrected chi connectivity index (χ2v) is 4.84. The number of halogens is 2. The van der Waals surface area contributed by atoms with E-state index in [-0.39, 0.29) is 0 Å². The molecule has 1 heterocycles. The summed E-state index contributed by atoms with van der Waals surface area (Å²) in [5, 5.41) is 15.4. The van der Waals surface area contributed by atoms with Gasteiger partial charge in [-0.3, -0.25) is 5.01 Å². The van der Waals surface area contributed by atoms with E-state index in [4.69, 9.17) is 33.0 Å². The standard InChI is InChI=1S/C12H12Cl2N2O3/c13-9-3-1-4-10(14)8(9)7-15-16-6-2-5-11(16)19-12(17)18/h1,3-4,7,11H,2,5-6H2,(H,17,18). The molecule has 1 N–H and O–H groups in total. The summed E-state index contributed by atoms with van der Waals surface area (Å²) in [6, 6.07) is 5.17. The Morgan fingerprint density at radius 2 is 2.16 bits per heavy atom. The van der Waals surface area contributed by atoms with Gasteiger partial charge in [-0.2, -0.15) is 5.10 Å². The normalized spacial score (nSPS) is 19.1. The Hall–Kier alpha value is -1.46. The topological polar surface area (TPSA) is 62.1 Å². The van der Waals surface area contributed by atoms with Gasteiger partial charge in [0.15, 0.2) is 6.23 Å². The van der Waals surface area contributed by atoms with Crippen LogP contribution < -0.4 is 0 Å². The van der Waals surface area contributed by atoms with Gasteiger partial charge in [-0.1, -0.05) is 29.3 Å². The summed E-state index contributed by atoms with van der Waals surface area (Å²) in [6.07, 6.45) is 1.12. The molecule has 1 unspecified atom stereocenters. The molecule has 1 aromatic carbocycles. The van der Waals surface area contributed by atoms with Crippen LogP contribution in [0.5, 0.6) is 0 Å². The molecule has 1 fully saturated rings. The Morgan fingerprint density at radius 1 is 1.47 bits per heavy atom. The molecule has 7 heteroatoms. The molecule has 0 saturated carbocycles. The van der Waals surface area contributed by atoms with Crippen molar-refractivity contribution >= 4 is 35.6 Å². The van der Waals surface area contributed by atoms with Gasteiger partial charge in [0.25, 0.3) is 0 Å². The monoisotopic (exact) mass is 302 g/mol. The van der Waals surface area contributed by atoms with Crippen molar-refractivity contribution in [3.8, 4) is 0 Å². The molecule has 1 atom stereocenters. The largest absolute Gasteiger partial charge is 0.507 e. The average molecular weight is 303 g/mol. The molecule has 0 spiro atoms. The highest BCUT2D eigenvalue weighted by atomic mass is 35.5. The van der Waals surface area contributed by atoms with Crippen molar-refractivity contribution in [2.75, 3.05) is 6.54 Å². The van der Waals surface area contributed by atoms with Crippen LogP contribution in [0.15, 0.2) is 23.3 Å². The van der Waals surface area contributed by atoms with Crippen molar-refractivity contribution in [3.63, 3.8) is 0 Å². The number of carboxylic acid groups (broad SMARTS) is 1. The second-order valence-electron chi connectivity index (χ2n) is 4.02. The first-order valence-corrected chi connectivity index (χ1v) is 6.48. The van der Waals surface area contributed by atoms with E-state index in [1.807, 2.05) is 0 Å². The number of benzene rings is 1. The minimum Gasteiger partial charge on any atom is -0.450 e. The van der Waals surface area contributed by atoms with Gasteiger partial charge in [-0.05, 0) is 18.6 Å². The van der Waals surface area contributed by atoms with E-state index in [9.17, 15) is 4.79 Å². The highest BCUT2D eigenvalue weighted by molar-refractivity contribution is 6.38. The van der Waals surface area contributed by atoms with Gasteiger partial charge < -0.3 is 9.84 Å². The van der Waals surface area contributed by atoms with E-state index in [1.54, 1.807) is 23.2 Å². The Bertz CT molecular complexity index is 487. The molecule has 1 aliphatic heterocycles. The van der Waals surface area contributed by atoms with Crippen LogP contribution in [0.1, 0.15) is 18.4 Å². The van der Waals surface area contributed by atoms with E-state index in [1.165, 1.54) is 6.21 Å². The maximum Gasteiger partial charge on any atom is 0.507 e. The first-order chi connectivity index (χ1) is 9.08. The fourth-order valence-electron chi connectivity index (χ4n) is 1.86. The lowest BCUT2D eigenvalue weighted by Crippen LogP contribution is -2.29. The molecule has 0 aliphatic carbocycles. The Morgan fingerprint density at radius 3 is 2.79 bits per heavy atom. The smallest absolute Gasteiger partial charge is 0.450 e. The Kier molecular flexibility index (Phi) is 4.50. The number of nitrogens with zero attached hydrogens (tertiary/aromatic N) is 2. The van der Waals surface area contributed by atoms with Crippen LogP contribution in [0.2, 0.25) is 10.0 Å². The lowest BCUT2D eigenvalue weighted by Gasteiger charge is -2.19. The van der Waals surface area contributed by atoms with Gasteiger partial charge in [-0.25, -0.2) is 4.79 Å². The number of hydrogen-bond donors (Lipinski definition) is 1. The zero-order chi connectivity index (χ0) is 13.8. The van der Waals surface area contributed by atoms with Crippen LogP contribution in [-0.4, -0.2) is 35.3 Å². The number of hydrogen-bond acceptors (Lipinski definition) is 4. The molecular weight excluding hydrogens is 291 g/mol. The van der Waals surface area contributed by atoms with E-state index >= 15 is 0 Å². The van der Waals surface area contributed by atoms with Crippen molar-refractivity contribution in [1.82, 2.24) is 5.01 Å². The fourth-order valence-corrected chi connectivity index (χ4v) is 2.35. The van der Waals surface area contributed by atoms with Gasteiger partial charge in [0.2, 0.25) is 0 Å². The van der Waals surface area contributed by atoms with Crippen LogP contribution in [0.25, 0.3) is 0 Å². The third-order valence-corrected chi connectivity index (χ3v) is 3.40. The predicted octanol–water partition coefficient (Wildman–Crippen LogP) is 3.44. The van der Waals surface area contributed by atoms with Gasteiger partial charge in [0, 0.05) is 18.5 Å². The molecule has 2 rings (SSSR count). The third kappa shape index (κ3) is 3.52. The summed E-state index contributed by atoms with van der Waals surface area (Å²) < 4.78 is 4.74. The molecule has 0 bridgehead atoms. The van der Waals surface area contributed by atoms with Crippen molar-refractivity contribution in [1.29, 1.82) is 0 Å². The SMILES string of the molecule is O=C(O)OC1CCCN1N=Cc1c(Cl)cccc1Cl. The first kappa shape index (κ1) is 14.0. The first-order valence-electron chi connectivity index (χ1n) is 5.72. The van der Waals surface area contributed by atoms with E-state index in [0.29, 0.717) is 28.6 Å². The van der Waals surface area contributed by atoms with Crippen molar-refractivity contribution in [3.05, 3.63) is 33.8 Å². The predicted molar refractivity (Wildman–Crippen MR) is 72.9 cm³/mol. The maximum atomic E-state index is 10.5. The molecule has 1 aromatic rings. The van der Waals surface area contributed by atoms with Gasteiger partial charge in [0.1, 0.15) is 0 Å². The molecule has 102 valence electrons. The number of rotatable bonds is 3. The molecular formula is C12H12Cl2N2O3. The van der Waals surface area contributed by atoms with Crippen molar-refractivity contribution < 1.29 is 14.6 Å². The summed E-state index contributed by atoms with van der Waals surface area (Å²) in [5.41, 5.74) is 0.604. The van der Waals surface area contributed by atoms with Gasteiger partial charge >= 0.3 is 6.16 Å². The third-order valence-electron chi connectivity index (χ3n) is 2.74. The highest BCUT2D eigenvalue weighted by Crippen LogP contribution is 2.23. The van der Waals surface area contributed by atoms with Crippen LogP contribution in [0.4, 0.5) is 4.79 Å². The summed E-state index contributed by atoms with van der Waals surface area (Å²) in [4.78, 5) is 10.5. The number of carbonyl (C=O) groups is 1. The van der Waals surface area contributed by atoms with Crippen LogP contribution in [0.3, 0.4) is 0 Å². The summed E-state index contributed by atoms with van der Waals surface area (Å²) >= 11 is 12.0. The minimum absolute atomic E-state index is 0.492. The minimum atomic E-state index is -1.30. The molecule has 5 nitrogen and oxygen atoms in total. The summed E-state index contributed by atoms with van der Waals surface area (Å²) in [7, 11) is 0. The zero-order valence-corrected chi connectivity index (χ0v) is 11.4. The molecule has 0 radical (unpaired) electrons. The summed E-state index contributed by atoms with van der Waals surface area (Å²) in [5.74, 6) is 0. The summed E-state index contributed by atoms with van der Waals surface area (Å²) in [6.45, 7) is 0.635. The highest BCUT2D eigenvalue weighted by Gasteiger charge is 2.26. The number of ether oxygens (including phenoxy) is 1. The van der Waals surface area contributed by atoms with E-state index in [0.717, 1.165) is 6.42 Å². The molecule has 1 aliphatic rings. The quantitative estimate of drug-likeness (QED) is 0.686. The lowest BCUT2D eigenvalue weighted by atomic mass is 10.2. The van der Waals surface area contributed by atoms with Gasteiger partial charge in [0.05, 0.1) is 16.3 Å². The van der Waals surface area contributed by atoms with Gasteiger partial charge in [-0.15, -0.1) is 0 Å². The maximum absolute atomic E-state index is 10.5. The van der Waals surface area contributed by atoms with Crippen molar-refractivity contribution in [2.24, 2.45) is 5.10 Å². The molecule has 0 amide bonds. The van der Waals surface area contributed by atoms with E-state index in [2.05, 4.69) is 5.10 Å². The lowest BCUT2D eigenvalue weighted by molar-refractivity contribution is -0.0123. The Balaban J connectivity index is 2.11. The number of hydrazone groups is 1. The molecule has 1 saturated heterocycles. The molecule has 19 heavy (non-hydrogen) atoms. The van der Waals surface area contributed by atoms with Crippen molar-refractivity contribution in [2.45, 2.75) is 19.1 Å². The van der Waals surface area contributed by atoms with Crippen LogP contribution >= 0.6 is 23.2 Å². The zero-order valence-electron chi connectivity index (χ0n) is 9.92. The average Bonchev–Trinajstić information content (AvgIpc) is 2.75. The molecule has 0 aromatic heterocycles. The Labute approximate surface area is 120 Å². The van der Waals surface area contributed by atoms with Crippen LogP contribution in [-0.2, 0) is 4.74 Å². The van der Waals surface area contributed by atoms with Crippen LogP contribution in [0, 0.1) is 0 Å². The van der Waals surface area contributed by atoms with E-state index < -0.39 is 12.4 Å².